The number of carbonyl (C=O) groups is 2. The lowest BCUT2D eigenvalue weighted by Gasteiger charge is -2.11. The highest BCUT2D eigenvalue weighted by molar-refractivity contribution is 5.86. The Morgan fingerprint density at radius 1 is 1.09 bits per heavy atom. The van der Waals surface area contributed by atoms with Crippen LogP contribution in [0.3, 0.4) is 0 Å². The lowest BCUT2D eigenvalue weighted by atomic mass is 10.3. The predicted molar refractivity (Wildman–Crippen MR) is 81.6 cm³/mol. The standard InChI is InChI=1S/C15H27NO6/c1-5-13(4)20-10-11-22-15(18)16-6-7-19-8-9-21-14(17)12(2)3/h13H,2,5-11H2,1,3-4H3,(H,16,18). The fourth-order valence-corrected chi connectivity index (χ4v) is 1.20. The second kappa shape index (κ2) is 13.1. The van der Waals surface area contributed by atoms with Gasteiger partial charge in [0.2, 0.25) is 0 Å². The number of hydrogen-bond donors (Lipinski definition) is 1. The van der Waals surface area contributed by atoms with Gasteiger partial charge >= 0.3 is 12.1 Å². The third-order valence-corrected chi connectivity index (χ3v) is 2.62. The first-order valence-corrected chi connectivity index (χ1v) is 7.40. The van der Waals surface area contributed by atoms with Crippen LogP contribution in [-0.4, -0.2) is 57.7 Å². The molecule has 0 saturated carbocycles. The van der Waals surface area contributed by atoms with Crippen LogP contribution in [0, 0.1) is 0 Å². The number of amides is 1. The fraction of sp³-hybridized carbons (Fsp3) is 0.733. The molecule has 0 rings (SSSR count). The largest absolute Gasteiger partial charge is 0.460 e. The van der Waals surface area contributed by atoms with Crippen LogP contribution in [0.15, 0.2) is 12.2 Å². The molecule has 0 aromatic heterocycles. The second-order valence-electron chi connectivity index (χ2n) is 4.68. The van der Waals surface area contributed by atoms with Crippen molar-refractivity contribution >= 4 is 12.1 Å². The molecule has 0 aliphatic rings. The minimum absolute atomic E-state index is 0.156. The Morgan fingerprint density at radius 2 is 1.77 bits per heavy atom. The van der Waals surface area contributed by atoms with Crippen molar-refractivity contribution in [1.82, 2.24) is 5.32 Å². The first kappa shape index (κ1) is 20.4. The van der Waals surface area contributed by atoms with Gasteiger partial charge in [0.15, 0.2) is 0 Å². The van der Waals surface area contributed by atoms with Crippen molar-refractivity contribution in [3.63, 3.8) is 0 Å². The smallest absolute Gasteiger partial charge is 0.407 e. The van der Waals surface area contributed by atoms with E-state index in [1.54, 1.807) is 6.92 Å². The highest BCUT2D eigenvalue weighted by Gasteiger charge is 2.04. The average Bonchev–Trinajstić information content (AvgIpc) is 2.49. The van der Waals surface area contributed by atoms with E-state index in [0.29, 0.717) is 25.3 Å². The molecule has 7 heteroatoms. The van der Waals surface area contributed by atoms with Crippen molar-refractivity contribution in [1.29, 1.82) is 0 Å². The number of alkyl carbamates (subject to hydrolysis) is 1. The molecule has 0 radical (unpaired) electrons. The molecule has 0 aromatic rings. The van der Waals surface area contributed by atoms with E-state index in [2.05, 4.69) is 11.9 Å². The molecule has 0 aliphatic heterocycles. The Bertz CT molecular complexity index is 345. The molecule has 1 amide bonds. The van der Waals surface area contributed by atoms with Gasteiger partial charge in [-0.3, -0.25) is 0 Å². The van der Waals surface area contributed by atoms with Gasteiger partial charge in [-0.25, -0.2) is 9.59 Å². The van der Waals surface area contributed by atoms with Gasteiger partial charge in [0.25, 0.3) is 0 Å². The van der Waals surface area contributed by atoms with Gasteiger partial charge in [-0.1, -0.05) is 13.5 Å². The summed E-state index contributed by atoms with van der Waals surface area (Å²) in [7, 11) is 0. The van der Waals surface area contributed by atoms with E-state index in [0.717, 1.165) is 6.42 Å². The van der Waals surface area contributed by atoms with Gasteiger partial charge in [-0.15, -0.1) is 0 Å². The first-order valence-electron chi connectivity index (χ1n) is 7.40. The zero-order chi connectivity index (χ0) is 16.8. The second-order valence-corrected chi connectivity index (χ2v) is 4.68. The van der Waals surface area contributed by atoms with E-state index in [9.17, 15) is 9.59 Å². The van der Waals surface area contributed by atoms with Crippen molar-refractivity contribution in [2.45, 2.75) is 33.3 Å². The number of hydrogen-bond acceptors (Lipinski definition) is 6. The summed E-state index contributed by atoms with van der Waals surface area (Å²) in [5, 5.41) is 2.54. The van der Waals surface area contributed by atoms with E-state index in [-0.39, 0.29) is 25.9 Å². The number of carbonyl (C=O) groups excluding carboxylic acids is 2. The highest BCUT2D eigenvalue weighted by atomic mass is 16.6. The van der Waals surface area contributed by atoms with Crippen molar-refractivity contribution in [2.75, 3.05) is 39.6 Å². The lowest BCUT2D eigenvalue weighted by molar-refractivity contribution is -0.140. The minimum Gasteiger partial charge on any atom is -0.460 e. The van der Waals surface area contributed by atoms with Crippen LogP contribution in [0.1, 0.15) is 27.2 Å². The van der Waals surface area contributed by atoms with Gasteiger partial charge in [0.05, 0.1) is 25.9 Å². The SMILES string of the molecule is C=C(C)C(=O)OCCOCCNC(=O)OCCOC(C)CC. The van der Waals surface area contributed by atoms with Crippen molar-refractivity contribution in [3.05, 3.63) is 12.2 Å². The molecular formula is C15H27NO6. The maximum atomic E-state index is 11.3. The summed E-state index contributed by atoms with van der Waals surface area (Å²) in [5.74, 6) is -0.440. The first-order chi connectivity index (χ1) is 10.5. The summed E-state index contributed by atoms with van der Waals surface area (Å²) in [5.41, 5.74) is 0.349. The normalized spacial score (nSPS) is 11.6. The van der Waals surface area contributed by atoms with Crippen LogP contribution in [0.25, 0.3) is 0 Å². The molecule has 0 heterocycles. The molecule has 0 spiro atoms. The Kier molecular flexibility index (Phi) is 12.1. The molecule has 1 atom stereocenters. The summed E-state index contributed by atoms with van der Waals surface area (Å²) in [6.07, 6.45) is 0.578. The van der Waals surface area contributed by atoms with E-state index in [4.69, 9.17) is 18.9 Å². The molecule has 7 nitrogen and oxygen atoms in total. The summed E-state index contributed by atoms with van der Waals surface area (Å²) >= 11 is 0. The van der Waals surface area contributed by atoms with Crippen molar-refractivity contribution < 1.29 is 28.5 Å². The molecule has 0 aliphatic carbocycles. The number of esters is 1. The van der Waals surface area contributed by atoms with Crippen molar-refractivity contribution in [3.8, 4) is 0 Å². The van der Waals surface area contributed by atoms with Crippen LogP contribution >= 0.6 is 0 Å². The fourth-order valence-electron chi connectivity index (χ4n) is 1.20. The summed E-state index contributed by atoms with van der Waals surface area (Å²) in [6.45, 7) is 10.7. The summed E-state index contributed by atoms with van der Waals surface area (Å²) < 4.78 is 20.3. The van der Waals surface area contributed by atoms with E-state index in [1.165, 1.54) is 0 Å². The topological polar surface area (TPSA) is 83.1 Å². The Labute approximate surface area is 131 Å². The zero-order valence-electron chi connectivity index (χ0n) is 13.7. The van der Waals surface area contributed by atoms with Crippen LogP contribution in [0.2, 0.25) is 0 Å². The number of ether oxygens (including phenoxy) is 4. The van der Waals surface area contributed by atoms with Crippen LogP contribution in [0.5, 0.6) is 0 Å². The molecule has 0 bridgehead atoms. The maximum absolute atomic E-state index is 11.3. The molecule has 0 fully saturated rings. The van der Waals surface area contributed by atoms with E-state index >= 15 is 0 Å². The van der Waals surface area contributed by atoms with Gasteiger partial charge in [-0.2, -0.15) is 0 Å². The van der Waals surface area contributed by atoms with Crippen molar-refractivity contribution in [2.24, 2.45) is 0 Å². The summed E-state index contributed by atoms with van der Waals surface area (Å²) in [4.78, 5) is 22.3. The molecule has 1 unspecified atom stereocenters. The molecule has 0 aromatic carbocycles. The quantitative estimate of drug-likeness (QED) is 0.335. The monoisotopic (exact) mass is 317 g/mol. The zero-order valence-corrected chi connectivity index (χ0v) is 13.7. The predicted octanol–water partition coefficient (Wildman–Crippen LogP) is 1.66. The highest BCUT2D eigenvalue weighted by Crippen LogP contribution is 1.95. The number of rotatable bonds is 12. The van der Waals surface area contributed by atoms with Crippen LogP contribution in [0.4, 0.5) is 4.79 Å². The van der Waals surface area contributed by atoms with E-state index < -0.39 is 12.1 Å². The molecule has 22 heavy (non-hydrogen) atoms. The Hall–Kier alpha value is -1.60. The molecule has 1 N–H and O–H groups in total. The Morgan fingerprint density at radius 3 is 2.41 bits per heavy atom. The molecule has 128 valence electrons. The lowest BCUT2D eigenvalue weighted by Crippen LogP contribution is -2.29. The van der Waals surface area contributed by atoms with Crippen LogP contribution in [-0.2, 0) is 23.7 Å². The van der Waals surface area contributed by atoms with Gasteiger partial charge in [0, 0.05) is 12.1 Å². The molecular weight excluding hydrogens is 290 g/mol. The third-order valence-electron chi connectivity index (χ3n) is 2.62. The average molecular weight is 317 g/mol. The van der Waals surface area contributed by atoms with Crippen LogP contribution < -0.4 is 5.32 Å². The molecule has 0 saturated heterocycles. The summed E-state index contributed by atoms with van der Waals surface area (Å²) in [6, 6.07) is 0. The Balaban J connectivity index is 3.35. The third kappa shape index (κ3) is 12.2. The minimum atomic E-state index is -0.509. The maximum Gasteiger partial charge on any atom is 0.407 e. The van der Waals surface area contributed by atoms with Gasteiger partial charge < -0.3 is 24.3 Å². The number of nitrogens with one attached hydrogen (secondary N) is 1. The van der Waals surface area contributed by atoms with Gasteiger partial charge in [0.1, 0.15) is 13.2 Å². The van der Waals surface area contributed by atoms with E-state index in [1.807, 2.05) is 13.8 Å². The van der Waals surface area contributed by atoms with Gasteiger partial charge in [-0.05, 0) is 20.3 Å².